The van der Waals surface area contributed by atoms with Crippen molar-refractivity contribution >= 4 is 11.9 Å². The van der Waals surface area contributed by atoms with E-state index in [0.29, 0.717) is 17.5 Å². The van der Waals surface area contributed by atoms with E-state index in [9.17, 15) is 9.59 Å². The summed E-state index contributed by atoms with van der Waals surface area (Å²) >= 11 is 0. The summed E-state index contributed by atoms with van der Waals surface area (Å²) in [5.74, 6) is -1.23. The molecule has 0 aromatic heterocycles. The molecule has 216 valence electrons. The second-order valence-electron chi connectivity index (χ2n) is 10.2. The van der Waals surface area contributed by atoms with Gasteiger partial charge in [-0.3, -0.25) is 9.78 Å². The first-order valence-corrected chi connectivity index (χ1v) is 15.0. The van der Waals surface area contributed by atoms with Gasteiger partial charge in [0.15, 0.2) is 0 Å². The van der Waals surface area contributed by atoms with Crippen molar-refractivity contribution in [2.45, 2.75) is 123 Å². The third kappa shape index (κ3) is 13.8. The molecule has 6 nitrogen and oxygen atoms in total. The fourth-order valence-electron chi connectivity index (χ4n) is 4.27. The Hall–Kier alpha value is -2.70. The molecule has 0 aliphatic heterocycles. The Morgan fingerprint density at radius 2 is 0.923 bits per heavy atom. The quantitative estimate of drug-likeness (QED) is 0.0680. The average Bonchev–Trinajstić information content (AvgIpc) is 2.97. The van der Waals surface area contributed by atoms with Crippen LogP contribution >= 0.6 is 0 Å². The van der Waals surface area contributed by atoms with E-state index in [1.54, 1.807) is 24.3 Å². The van der Waals surface area contributed by atoms with Gasteiger partial charge in [-0.25, -0.2) is 9.59 Å². The van der Waals surface area contributed by atoms with E-state index in [-0.39, 0.29) is 0 Å². The van der Waals surface area contributed by atoms with Crippen molar-refractivity contribution < 1.29 is 29.1 Å². The SMILES string of the molecule is CCCCCCc1ccc(C(=O)OOC(CCCCCC)OOC(=O)c2ccc(CCCCCC)cc2)cc1. The molecule has 0 saturated heterocycles. The van der Waals surface area contributed by atoms with Gasteiger partial charge in [0, 0.05) is 6.42 Å². The first-order chi connectivity index (χ1) is 19.1. The van der Waals surface area contributed by atoms with Crippen molar-refractivity contribution in [2.24, 2.45) is 0 Å². The molecule has 0 heterocycles. The largest absolute Gasteiger partial charge is 0.373 e. The van der Waals surface area contributed by atoms with E-state index in [4.69, 9.17) is 19.6 Å². The van der Waals surface area contributed by atoms with Crippen LogP contribution in [0.25, 0.3) is 0 Å². The fourth-order valence-corrected chi connectivity index (χ4v) is 4.27. The van der Waals surface area contributed by atoms with Crippen LogP contribution in [0, 0.1) is 0 Å². The number of hydrogen-bond acceptors (Lipinski definition) is 6. The standard InChI is InChI=1S/C33H48O6/c1-4-7-10-13-16-27-19-23-29(24-20-27)32(34)38-36-31(18-15-12-9-6-3)37-39-33(35)30-25-21-28(22-26-30)17-14-11-8-5-2/h19-26,31H,4-18H2,1-3H3. The molecule has 0 spiro atoms. The Kier molecular flexibility index (Phi) is 16.9. The van der Waals surface area contributed by atoms with Gasteiger partial charge in [0.1, 0.15) is 0 Å². The first kappa shape index (κ1) is 32.5. The van der Waals surface area contributed by atoms with Crippen LogP contribution in [0.3, 0.4) is 0 Å². The van der Waals surface area contributed by atoms with E-state index >= 15 is 0 Å². The molecule has 39 heavy (non-hydrogen) atoms. The number of hydrogen-bond donors (Lipinski definition) is 0. The summed E-state index contributed by atoms with van der Waals surface area (Å²) in [6.07, 6.45) is 14.9. The van der Waals surface area contributed by atoms with Crippen molar-refractivity contribution in [3.05, 3.63) is 70.8 Å². The van der Waals surface area contributed by atoms with Gasteiger partial charge in [-0.2, -0.15) is 0 Å². The minimum atomic E-state index is -1.01. The lowest BCUT2D eigenvalue weighted by Gasteiger charge is -2.15. The minimum Gasteiger partial charge on any atom is -0.290 e. The summed E-state index contributed by atoms with van der Waals surface area (Å²) < 4.78 is 0. The third-order valence-corrected chi connectivity index (χ3v) is 6.77. The predicted molar refractivity (Wildman–Crippen MR) is 154 cm³/mol. The molecular weight excluding hydrogens is 492 g/mol. The molecule has 2 aromatic carbocycles. The van der Waals surface area contributed by atoms with Gasteiger partial charge in [0.25, 0.3) is 0 Å². The van der Waals surface area contributed by atoms with Crippen LogP contribution in [0.5, 0.6) is 0 Å². The molecule has 2 rings (SSSR count). The summed E-state index contributed by atoms with van der Waals surface area (Å²) in [7, 11) is 0. The van der Waals surface area contributed by atoms with Crippen LogP contribution in [-0.2, 0) is 32.4 Å². The highest BCUT2D eigenvalue weighted by molar-refractivity contribution is 5.89. The zero-order valence-corrected chi connectivity index (χ0v) is 24.3. The average molecular weight is 541 g/mol. The zero-order chi connectivity index (χ0) is 28.1. The lowest BCUT2D eigenvalue weighted by molar-refractivity contribution is -0.421. The van der Waals surface area contributed by atoms with Crippen molar-refractivity contribution in [3.63, 3.8) is 0 Å². The molecule has 6 heteroatoms. The van der Waals surface area contributed by atoms with Crippen LogP contribution < -0.4 is 0 Å². The molecule has 2 aromatic rings. The van der Waals surface area contributed by atoms with Gasteiger partial charge in [0.05, 0.1) is 11.1 Å². The lowest BCUT2D eigenvalue weighted by atomic mass is 10.0. The maximum atomic E-state index is 12.5. The highest BCUT2D eigenvalue weighted by Crippen LogP contribution is 2.16. The zero-order valence-electron chi connectivity index (χ0n) is 24.3. The second kappa shape index (κ2) is 20.2. The van der Waals surface area contributed by atoms with Crippen LogP contribution in [0.2, 0.25) is 0 Å². The molecule has 0 atom stereocenters. The third-order valence-electron chi connectivity index (χ3n) is 6.77. The monoisotopic (exact) mass is 540 g/mol. The number of carbonyl (C=O) groups is 2. The fraction of sp³-hybridized carbons (Fsp3) is 0.576. The molecule has 0 N–H and O–H groups in total. The van der Waals surface area contributed by atoms with Crippen molar-refractivity contribution in [3.8, 4) is 0 Å². The van der Waals surface area contributed by atoms with Gasteiger partial charge in [-0.05, 0) is 67.5 Å². The molecule has 0 radical (unpaired) electrons. The minimum absolute atomic E-state index is 0.392. The van der Waals surface area contributed by atoms with Gasteiger partial charge in [-0.1, -0.05) is 103 Å². The summed E-state index contributed by atoms with van der Waals surface area (Å²) in [4.78, 5) is 45.7. The van der Waals surface area contributed by atoms with Gasteiger partial charge in [0.2, 0.25) is 6.29 Å². The van der Waals surface area contributed by atoms with Gasteiger partial charge in [-0.15, -0.1) is 9.78 Å². The van der Waals surface area contributed by atoms with E-state index in [1.807, 2.05) is 24.3 Å². The predicted octanol–water partition coefficient (Wildman–Crippen LogP) is 9.11. The second-order valence-corrected chi connectivity index (χ2v) is 10.2. The molecule has 0 fully saturated rings. The molecule has 0 unspecified atom stereocenters. The van der Waals surface area contributed by atoms with E-state index in [2.05, 4.69) is 20.8 Å². The van der Waals surface area contributed by atoms with Crippen LogP contribution in [0.1, 0.15) is 136 Å². The van der Waals surface area contributed by atoms with Crippen LogP contribution in [-0.4, -0.2) is 18.2 Å². The summed E-state index contributed by atoms with van der Waals surface area (Å²) in [6, 6.07) is 14.7. The molecular formula is C33H48O6. The van der Waals surface area contributed by atoms with Crippen molar-refractivity contribution in [1.29, 1.82) is 0 Å². The van der Waals surface area contributed by atoms with Crippen LogP contribution in [0.4, 0.5) is 0 Å². The molecule has 0 saturated carbocycles. The maximum Gasteiger partial charge on any atom is 0.373 e. The Labute approximate surface area is 235 Å². The smallest absolute Gasteiger partial charge is 0.290 e. The van der Waals surface area contributed by atoms with Gasteiger partial charge < -0.3 is 0 Å². The van der Waals surface area contributed by atoms with E-state index < -0.39 is 18.2 Å². The summed E-state index contributed by atoms with van der Waals surface area (Å²) in [5, 5.41) is 0. The summed E-state index contributed by atoms with van der Waals surface area (Å²) in [5.41, 5.74) is 3.17. The van der Waals surface area contributed by atoms with Gasteiger partial charge >= 0.3 is 11.9 Å². The number of aryl methyl sites for hydroxylation is 2. The van der Waals surface area contributed by atoms with E-state index in [0.717, 1.165) is 51.4 Å². The molecule has 0 aliphatic carbocycles. The number of unbranched alkanes of at least 4 members (excludes halogenated alkanes) is 9. The molecule has 0 amide bonds. The van der Waals surface area contributed by atoms with Crippen molar-refractivity contribution in [2.75, 3.05) is 0 Å². The first-order valence-electron chi connectivity index (χ1n) is 15.0. The Morgan fingerprint density at radius 1 is 0.538 bits per heavy atom. The topological polar surface area (TPSA) is 71.1 Å². The Bertz CT molecular complexity index is 851. The Balaban J connectivity index is 1.84. The highest BCUT2D eigenvalue weighted by Gasteiger charge is 2.19. The molecule has 0 bridgehead atoms. The van der Waals surface area contributed by atoms with E-state index in [1.165, 1.54) is 49.7 Å². The number of carbonyl (C=O) groups excluding carboxylic acids is 2. The van der Waals surface area contributed by atoms with Crippen molar-refractivity contribution in [1.82, 2.24) is 0 Å². The molecule has 0 aliphatic rings. The highest BCUT2D eigenvalue weighted by atomic mass is 17.3. The maximum absolute atomic E-state index is 12.5. The lowest BCUT2D eigenvalue weighted by Crippen LogP contribution is -2.22. The summed E-state index contributed by atoms with van der Waals surface area (Å²) in [6.45, 7) is 6.52. The number of rotatable bonds is 21. The van der Waals surface area contributed by atoms with Crippen LogP contribution in [0.15, 0.2) is 48.5 Å². The number of benzene rings is 2. The Morgan fingerprint density at radius 3 is 1.31 bits per heavy atom. The normalized spacial score (nSPS) is 11.1.